The standard InChI is InChI=1S/C12H15IN2O/c1-16-10-5-9-6-14-11-4-8(13)2-3-12(11)15(9)7-10/h2-4,9-10,14H,5-7H2,1H3. The van der Waals surface area contributed by atoms with Crippen LogP contribution in [0.5, 0.6) is 0 Å². The fraction of sp³-hybridized carbons (Fsp3) is 0.500. The van der Waals surface area contributed by atoms with Crippen molar-refractivity contribution in [1.29, 1.82) is 0 Å². The second-order valence-corrected chi connectivity index (χ2v) is 5.69. The van der Waals surface area contributed by atoms with E-state index >= 15 is 0 Å². The predicted octanol–water partition coefficient (Wildman–Crippen LogP) is 2.31. The SMILES string of the molecule is COC1CC2CNc3cc(I)ccc3N2C1. The van der Waals surface area contributed by atoms with E-state index in [9.17, 15) is 0 Å². The monoisotopic (exact) mass is 330 g/mol. The normalized spacial score (nSPS) is 27.2. The fourth-order valence-electron chi connectivity index (χ4n) is 2.66. The third-order valence-electron chi connectivity index (χ3n) is 3.51. The van der Waals surface area contributed by atoms with Gasteiger partial charge in [0.2, 0.25) is 0 Å². The smallest absolute Gasteiger partial charge is 0.0766 e. The van der Waals surface area contributed by atoms with E-state index in [4.69, 9.17) is 4.74 Å². The number of nitrogens with one attached hydrogen (secondary N) is 1. The van der Waals surface area contributed by atoms with Crippen molar-refractivity contribution in [2.45, 2.75) is 18.6 Å². The van der Waals surface area contributed by atoms with E-state index in [2.05, 4.69) is 51.0 Å². The Balaban J connectivity index is 1.94. The Morgan fingerprint density at radius 2 is 2.38 bits per heavy atom. The third-order valence-corrected chi connectivity index (χ3v) is 4.18. The first kappa shape index (κ1) is 10.7. The van der Waals surface area contributed by atoms with Crippen LogP contribution in [-0.4, -0.2) is 32.3 Å². The van der Waals surface area contributed by atoms with Crippen LogP contribution in [0.2, 0.25) is 0 Å². The summed E-state index contributed by atoms with van der Waals surface area (Å²) in [7, 11) is 1.81. The molecule has 1 aromatic rings. The van der Waals surface area contributed by atoms with Gasteiger partial charge in [-0.05, 0) is 47.2 Å². The quantitative estimate of drug-likeness (QED) is 0.800. The van der Waals surface area contributed by atoms with E-state index in [0.29, 0.717) is 12.1 Å². The van der Waals surface area contributed by atoms with Gasteiger partial charge >= 0.3 is 0 Å². The summed E-state index contributed by atoms with van der Waals surface area (Å²) in [6, 6.07) is 7.20. The first-order chi connectivity index (χ1) is 7.78. The van der Waals surface area contributed by atoms with Gasteiger partial charge in [-0.3, -0.25) is 0 Å². The molecule has 0 aliphatic carbocycles. The van der Waals surface area contributed by atoms with Crippen molar-refractivity contribution >= 4 is 34.0 Å². The van der Waals surface area contributed by atoms with Crippen molar-refractivity contribution < 1.29 is 4.74 Å². The molecule has 2 aliphatic rings. The second-order valence-electron chi connectivity index (χ2n) is 4.44. The Kier molecular flexibility index (Phi) is 2.71. The Morgan fingerprint density at radius 1 is 1.50 bits per heavy atom. The molecule has 3 rings (SSSR count). The van der Waals surface area contributed by atoms with Crippen molar-refractivity contribution in [1.82, 2.24) is 0 Å². The molecule has 0 radical (unpaired) electrons. The minimum atomic E-state index is 0.386. The number of benzene rings is 1. The summed E-state index contributed by atoms with van der Waals surface area (Å²) in [4.78, 5) is 2.48. The van der Waals surface area contributed by atoms with Gasteiger partial charge in [-0.25, -0.2) is 0 Å². The molecule has 0 amide bonds. The molecule has 0 bridgehead atoms. The van der Waals surface area contributed by atoms with Crippen LogP contribution in [0.1, 0.15) is 6.42 Å². The summed E-state index contributed by atoms with van der Waals surface area (Å²) in [6.07, 6.45) is 1.52. The minimum Gasteiger partial charge on any atom is -0.381 e. The average molecular weight is 330 g/mol. The van der Waals surface area contributed by atoms with Crippen LogP contribution in [0.15, 0.2) is 18.2 Å². The Labute approximate surface area is 109 Å². The Morgan fingerprint density at radius 3 is 3.19 bits per heavy atom. The lowest BCUT2D eigenvalue weighted by Gasteiger charge is -2.34. The molecule has 86 valence electrons. The number of methoxy groups -OCH3 is 1. The van der Waals surface area contributed by atoms with Crippen LogP contribution in [-0.2, 0) is 4.74 Å². The van der Waals surface area contributed by atoms with Gasteiger partial charge in [-0.2, -0.15) is 0 Å². The molecule has 1 N–H and O–H groups in total. The molecule has 1 fully saturated rings. The lowest BCUT2D eigenvalue weighted by Crippen LogP contribution is -2.39. The zero-order valence-electron chi connectivity index (χ0n) is 9.24. The first-order valence-electron chi connectivity index (χ1n) is 5.61. The molecule has 2 unspecified atom stereocenters. The number of ether oxygens (including phenoxy) is 1. The number of anilines is 2. The number of nitrogens with zero attached hydrogens (tertiary/aromatic N) is 1. The lowest BCUT2D eigenvalue weighted by molar-refractivity contribution is 0.118. The van der Waals surface area contributed by atoms with E-state index in [1.165, 1.54) is 14.9 Å². The molecule has 16 heavy (non-hydrogen) atoms. The first-order valence-corrected chi connectivity index (χ1v) is 6.68. The summed E-state index contributed by atoms with van der Waals surface area (Å²) in [6.45, 7) is 2.06. The van der Waals surface area contributed by atoms with Crippen molar-refractivity contribution in [2.24, 2.45) is 0 Å². The molecule has 2 heterocycles. The number of hydrogen-bond donors (Lipinski definition) is 1. The van der Waals surface area contributed by atoms with Gasteiger partial charge in [-0.15, -0.1) is 0 Å². The number of fused-ring (bicyclic) bond motifs is 3. The number of hydrogen-bond acceptors (Lipinski definition) is 3. The van der Waals surface area contributed by atoms with E-state index in [-0.39, 0.29) is 0 Å². The highest BCUT2D eigenvalue weighted by Gasteiger charge is 2.35. The molecular weight excluding hydrogens is 315 g/mol. The predicted molar refractivity (Wildman–Crippen MR) is 74.2 cm³/mol. The lowest BCUT2D eigenvalue weighted by atomic mass is 10.1. The van der Waals surface area contributed by atoms with Crippen LogP contribution in [0.3, 0.4) is 0 Å². The van der Waals surface area contributed by atoms with Gasteiger partial charge in [0, 0.05) is 29.8 Å². The van der Waals surface area contributed by atoms with Gasteiger partial charge in [-0.1, -0.05) is 0 Å². The molecule has 4 heteroatoms. The molecular formula is C12H15IN2O. The largest absolute Gasteiger partial charge is 0.381 e. The van der Waals surface area contributed by atoms with Crippen LogP contribution in [0, 0.1) is 3.57 Å². The minimum absolute atomic E-state index is 0.386. The van der Waals surface area contributed by atoms with Gasteiger partial charge in [0.15, 0.2) is 0 Å². The molecule has 3 nitrogen and oxygen atoms in total. The zero-order valence-corrected chi connectivity index (χ0v) is 11.4. The maximum atomic E-state index is 5.47. The second kappa shape index (κ2) is 4.07. The fourth-order valence-corrected chi connectivity index (χ4v) is 3.15. The van der Waals surface area contributed by atoms with Gasteiger partial charge in [0.25, 0.3) is 0 Å². The molecule has 1 saturated heterocycles. The summed E-state index contributed by atoms with van der Waals surface area (Å²) in [5.41, 5.74) is 2.59. The molecule has 0 spiro atoms. The summed E-state index contributed by atoms with van der Waals surface area (Å²) in [5, 5.41) is 3.52. The number of halogens is 1. The molecule has 2 atom stereocenters. The van der Waals surface area contributed by atoms with Crippen molar-refractivity contribution in [2.75, 3.05) is 30.4 Å². The summed E-state index contributed by atoms with van der Waals surface area (Å²) < 4.78 is 6.75. The topological polar surface area (TPSA) is 24.5 Å². The maximum Gasteiger partial charge on any atom is 0.0766 e. The van der Waals surface area contributed by atoms with E-state index < -0.39 is 0 Å². The van der Waals surface area contributed by atoms with Crippen molar-refractivity contribution in [3.63, 3.8) is 0 Å². The van der Waals surface area contributed by atoms with E-state index in [1.54, 1.807) is 0 Å². The van der Waals surface area contributed by atoms with Gasteiger partial charge < -0.3 is 15.0 Å². The Bertz CT molecular complexity index is 410. The molecule has 0 saturated carbocycles. The summed E-state index contributed by atoms with van der Waals surface area (Å²) >= 11 is 2.35. The van der Waals surface area contributed by atoms with Crippen molar-refractivity contribution in [3.05, 3.63) is 21.8 Å². The van der Waals surface area contributed by atoms with Gasteiger partial charge in [0.05, 0.1) is 17.5 Å². The van der Waals surface area contributed by atoms with Gasteiger partial charge in [0.1, 0.15) is 0 Å². The van der Waals surface area contributed by atoms with Crippen molar-refractivity contribution in [3.8, 4) is 0 Å². The highest BCUT2D eigenvalue weighted by Crippen LogP contribution is 2.37. The molecule has 2 aliphatic heterocycles. The number of rotatable bonds is 1. The highest BCUT2D eigenvalue weighted by molar-refractivity contribution is 14.1. The maximum absolute atomic E-state index is 5.47. The van der Waals surface area contributed by atoms with E-state index in [1.807, 2.05) is 7.11 Å². The molecule has 0 aromatic heterocycles. The van der Waals surface area contributed by atoms with Crippen LogP contribution >= 0.6 is 22.6 Å². The average Bonchev–Trinajstić information content (AvgIpc) is 2.71. The van der Waals surface area contributed by atoms with Crippen LogP contribution in [0.4, 0.5) is 11.4 Å². The highest BCUT2D eigenvalue weighted by atomic mass is 127. The van der Waals surface area contributed by atoms with Crippen LogP contribution < -0.4 is 10.2 Å². The Hall–Kier alpha value is -0.490. The third kappa shape index (κ3) is 1.68. The van der Waals surface area contributed by atoms with E-state index in [0.717, 1.165) is 19.5 Å². The van der Waals surface area contributed by atoms with Crippen LogP contribution in [0.25, 0.3) is 0 Å². The summed E-state index contributed by atoms with van der Waals surface area (Å²) in [5.74, 6) is 0. The molecule has 1 aromatic carbocycles. The zero-order chi connectivity index (χ0) is 11.1.